The van der Waals surface area contributed by atoms with Crippen LogP contribution in [0.25, 0.3) is 10.9 Å². The van der Waals surface area contributed by atoms with E-state index in [4.69, 9.17) is 9.72 Å². The van der Waals surface area contributed by atoms with Gasteiger partial charge < -0.3 is 25.4 Å². The molecule has 0 spiro atoms. The number of carboxylic acids is 1. The average Bonchev–Trinajstić information content (AvgIpc) is 3.40. The molecule has 0 bridgehead atoms. The Morgan fingerprint density at radius 2 is 1.76 bits per heavy atom. The second-order valence-corrected chi connectivity index (χ2v) is 11.2. The lowest BCUT2D eigenvalue weighted by atomic mass is 10.0. The number of fused-ring (bicyclic) bond motifs is 2. The van der Waals surface area contributed by atoms with E-state index in [9.17, 15) is 19.5 Å². The SMILES string of the molecule is Cc1cc(C(C)Nc2ccccc2C(=O)O)c2nc(N3CC4C(C3)C4NC(=O)OCc3ccccc3)n(C)c(=O)c2c1. The summed E-state index contributed by atoms with van der Waals surface area (Å²) in [5, 5.41) is 16.4. The number of aryl methyl sites for hydroxylation is 1. The molecule has 42 heavy (non-hydrogen) atoms. The average molecular weight is 568 g/mol. The minimum atomic E-state index is -1.02. The van der Waals surface area contributed by atoms with E-state index >= 15 is 0 Å². The van der Waals surface area contributed by atoms with E-state index in [1.807, 2.05) is 56.3 Å². The van der Waals surface area contributed by atoms with Crippen molar-refractivity contribution in [1.29, 1.82) is 0 Å². The van der Waals surface area contributed by atoms with E-state index in [2.05, 4.69) is 15.5 Å². The predicted octanol–water partition coefficient (Wildman–Crippen LogP) is 4.47. The molecule has 1 aromatic heterocycles. The molecule has 3 atom stereocenters. The molecular weight excluding hydrogens is 534 g/mol. The Morgan fingerprint density at radius 3 is 2.48 bits per heavy atom. The standard InChI is InChI=1S/C32H33N5O5/c1-18-13-22(19(2)33-26-12-8-7-11-21(26)30(39)40)27-23(14-18)29(38)36(3)31(34-27)37-15-24-25(16-37)28(24)35-32(41)42-17-20-9-5-4-6-10-20/h4-14,19,24-25,28,33H,15-17H2,1-3H3,(H,35,41)(H,39,40). The molecule has 1 saturated heterocycles. The van der Waals surface area contributed by atoms with Crippen LogP contribution in [0.5, 0.6) is 0 Å². The van der Waals surface area contributed by atoms with Crippen molar-refractivity contribution in [3.63, 3.8) is 0 Å². The molecule has 10 nitrogen and oxygen atoms in total. The number of carbonyl (C=O) groups excluding carboxylic acids is 1. The van der Waals surface area contributed by atoms with Gasteiger partial charge in [-0.3, -0.25) is 9.36 Å². The lowest BCUT2D eigenvalue weighted by Gasteiger charge is -2.25. The maximum absolute atomic E-state index is 13.6. The molecule has 4 aromatic rings. The number of ether oxygens (including phenoxy) is 1. The number of carboxylic acid groups (broad SMARTS) is 1. The van der Waals surface area contributed by atoms with Crippen LogP contribution in [-0.2, 0) is 18.4 Å². The summed E-state index contributed by atoms with van der Waals surface area (Å²) in [6.45, 7) is 5.42. The van der Waals surface area contributed by atoms with Crippen LogP contribution in [0.15, 0.2) is 71.5 Å². The molecule has 2 fully saturated rings. The quantitative estimate of drug-likeness (QED) is 0.285. The first-order valence-corrected chi connectivity index (χ1v) is 14.0. The second kappa shape index (κ2) is 10.8. The van der Waals surface area contributed by atoms with Crippen LogP contribution in [0.4, 0.5) is 16.4 Å². The van der Waals surface area contributed by atoms with Crippen molar-refractivity contribution >= 4 is 34.6 Å². The van der Waals surface area contributed by atoms with Gasteiger partial charge in [0.25, 0.3) is 5.56 Å². The molecule has 1 saturated carbocycles. The highest BCUT2D eigenvalue weighted by molar-refractivity contribution is 5.94. The maximum Gasteiger partial charge on any atom is 0.407 e. The molecule has 216 valence electrons. The molecule has 1 aliphatic carbocycles. The number of nitrogens with one attached hydrogen (secondary N) is 2. The Morgan fingerprint density at radius 1 is 1.07 bits per heavy atom. The monoisotopic (exact) mass is 567 g/mol. The fourth-order valence-electron chi connectivity index (χ4n) is 6.07. The van der Waals surface area contributed by atoms with Crippen LogP contribution >= 0.6 is 0 Å². The summed E-state index contributed by atoms with van der Waals surface area (Å²) in [6.07, 6.45) is -0.424. The Balaban J connectivity index is 1.20. The zero-order chi connectivity index (χ0) is 29.5. The van der Waals surface area contributed by atoms with Crippen molar-refractivity contribution in [2.24, 2.45) is 18.9 Å². The Labute approximate surface area is 242 Å². The number of rotatable bonds is 8. The van der Waals surface area contributed by atoms with Crippen molar-refractivity contribution in [3.8, 4) is 0 Å². The minimum absolute atomic E-state index is 0.0405. The molecule has 3 unspecified atom stereocenters. The van der Waals surface area contributed by atoms with E-state index in [0.717, 1.165) is 16.7 Å². The number of amides is 1. The molecule has 2 heterocycles. The lowest BCUT2D eigenvalue weighted by Crippen LogP contribution is -2.37. The molecule has 3 aromatic carbocycles. The third-order valence-electron chi connectivity index (χ3n) is 8.30. The topological polar surface area (TPSA) is 126 Å². The summed E-state index contributed by atoms with van der Waals surface area (Å²) >= 11 is 0. The van der Waals surface area contributed by atoms with Crippen molar-refractivity contribution in [1.82, 2.24) is 14.9 Å². The van der Waals surface area contributed by atoms with Gasteiger partial charge in [0.1, 0.15) is 6.61 Å². The van der Waals surface area contributed by atoms with Gasteiger partial charge in [-0.15, -0.1) is 0 Å². The highest BCUT2D eigenvalue weighted by Gasteiger charge is 2.57. The highest BCUT2D eigenvalue weighted by Crippen LogP contribution is 2.46. The van der Waals surface area contributed by atoms with E-state index in [0.29, 0.717) is 35.6 Å². The Kier molecular flexibility index (Phi) is 7.06. The third kappa shape index (κ3) is 5.15. The van der Waals surface area contributed by atoms with Crippen LogP contribution in [0.1, 0.15) is 40.0 Å². The zero-order valence-electron chi connectivity index (χ0n) is 23.7. The molecule has 1 aliphatic heterocycles. The molecule has 2 aliphatic rings. The van der Waals surface area contributed by atoms with Gasteiger partial charge in [0, 0.05) is 49.3 Å². The first kappa shape index (κ1) is 27.3. The van der Waals surface area contributed by atoms with E-state index in [1.54, 1.807) is 35.9 Å². The third-order valence-corrected chi connectivity index (χ3v) is 8.30. The number of hydrogen-bond donors (Lipinski definition) is 3. The predicted molar refractivity (Wildman–Crippen MR) is 160 cm³/mol. The largest absolute Gasteiger partial charge is 0.478 e. The minimum Gasteiger partial charge on any atom is -0.478 e. The number of aromatic nitrogens is 2. The smallest absolute Gasteiger partial charge is 0.407 e. The second-order valence-electron chi connectivity index (χ2n) is 11.2. The number of aromatic carboxylic acids is 1. The molecule has 0 radical (unpaired) electrons. The van der Waals surface area contributed by atoms with E-state index in [1.165, 1.54) is 0 Å². The summed E-state index contributed by atoms with van der Waals surface area (Å²) in [4.78, 5) is 44.8. The molecule has 3 N–H and O–H groups in total. The van der Waals surface area contributed by atoms with Crippen molar-refractivity contribution in [2.75, 3.05) is 23.3 Å². The van der Waals surface area contributed by atoms with Crippen LogP contribution in [0.2, 0.25) is 0 Å². The number of carbonyl (C=O) groups is 2. The first-order chi connectivity index (χ1) is 20.2. The van der Waals surface area contributed by atoms with Gasteiger partial charge in [-0.1, -0.05) is 48.5 Å². The lowest BCUT2D eigenvalue weighted by molar-refractivity contribution is 0.0697. The summed E-state index contributed by atoms with van der Waals surface area (Å²) in [6, 6.07) is 19.9. The van der Waals surface area contributed by atoms with E-state index < -0.39 is 12.1 Å². The number of anilines is 2. The summed E-state index contributed by atoms with van der Waals surface area (Å²) in [7, 11) is 1.73. The number of hydrogen-bond acceptors (Lipinski definition) is 7. The van der Waals surface area contributed by atoms with Crippen molar-refractivity contribution in [2.45, 2.75) is 32.5 Å². The van der Waals surface area contributed by atoms with Crippen LogP contribution < -0.4 is 21.1 Å². The number of piperidine rings is 1. The fraction of sp³-hybridized carbons (Fsp3) is 0.312. The van der Waals surface area contributed by atoms with Gasteiger partial charge in [-0.25, -0.2) is 14.6 Å². The highest BCUT2D eigenvalue weighted by atomic mass is 16.5. The van der Waals surface area contributed by atoms with Gasteiger partial charge >= 0.3 is 12.1 Å². The molecular formula is C32H33N5O5. The van der Waals surface area contributed by atoms with Gasteiger partial charge in [0.2, 0.25) is 5.95 Å². The fourth-order valence-corrected chi connectivity index (χ4v) is 6.07. The number of benzene rings is 3. The van der Waals surface area contributed by atoms with Gasteiger partial charge in [0.05, 0.1) is 22.5 Å². The number of nitrogens with zero attached hydrogens (tertiary/aromatic N) is 3. The maximum atomic E-state index is 13.6. The summed E-state index contributed by atoms with van der Waals surface area (Å²) < 4.78 is 6.97. The van der Waals surface area contributed by atoms with Crippen molar-refractivity contribution < 1.29 is 19.4 Å². The van der Waals surface area contributed by atoms with Crippen molar-refractivity contribution in [3.05, 3.63) is 99.3 Å². The zero-order valence-corrected chi connectivity index (χ0v) is 23.7. The van der Waals surface area contributed by atoms with E-state index in [-0.39, 0.29) is 41.6 Å². The van der Waals surface area contributed by atoms with Gasteiger partial charge in [0.15, 0.2) is 0 Å². The van der Waals surface area contributed by atoms with Gasteiger partial charge in [-0.2, -0.15) is 0 Å². The van der Waals surface area contributed by atoms with Crippen LogP contribution in [0.3, 0.4) is 0 Å². The van der Waals surface area contributed by atoms with Crippen LogP contribution in [0, 0.1) is 18.8 Å². The first-order valence-electron chi connectivity index (χ1n) is 14.0. The normalized spacial score (nSPS) is 19.7. The summed E-state index contributed by atoms with van der Waals surface area (Å²) in [5.41, 5.74) is 3.78. The summed E-state index contributed by atoms with van der Waals surface area (Å²) in [5.74, 6) is 0.0758. The molecule has 10 heteroatoms. The number of alkyl carbamates (subject to hydrolysis) is 1. The Bertz CT molecular complexity index is 1730. The number of para-hydroxylation sites is 1. The van der Waals surface area contributed by atoms with Crippen LogP contribution in [-0.4, -0.2) is 45.9 Å². The Hall–Kier alpha value is -4.86. The van der Waals surface area contributed by atoms with Gasteiger partial charge in [-0.05, 0) is 43.2 Å². The molecule has 6 rings (SSSR count). The molecule has 1 amide bonds.